The van der Waals surface area contributed by atoms with Crippen molar-refractivity contribution in [3.8, 4) is 0 Å². The van der Waals surface area contributed by atoms with Gasteiger partial charge in [0.15, 0.2) is 0 Å². The van der Waals surface area contributed by atoms with E-state index < -0.39 is 29.5 Å². The third kappa shape index (κ3) is 4.44. The fraction of sp³-hybridized carbons (Fsp3) is 0.267. The van der Waals surface area contributed by atoms with Gasteiger partial charge in [-0.25, -0.2) is 0 Å². The van der Waals surface area contributed by atoms with E-state index in [1.54, 1.807) is 0 Å². The Hall–Kier alpha value is -2.09. The Labute approximate surface area is 128 Å². The summed E-state index contributed by atoms with van der Waals surface area (Å²) in [6, 6.07) is 4.31. The topological polar surface area (TPSA) is 24.9 Å². The molecule has 1 atom stereocenters. The molecule has 2 aromatic rings. The molecule has 0 aliphatic carbocycles. The van der Waals surface area contributed by atoms with Crippen molar-refractivity contribution in [3.05, 3.63) is 65.5 Å². The van der Waals surface area contributed by atoms with Crippen molar-refractivity contribution in [2.75, 3.05) is 0 Å². The van der Waals surface area contributed by atoms with Crippen molar-refractivity contribution in [2.45, 2.75) is 24.9 Å². The average Bonchev–Trinajstić information content (AvgIpc) is 2.46. The second-order valence-electron chi connectivity index (χ2n) is 4.80. The Morgan fingerprint density at radius 3 is 2.22 bits per heavy atom. The van der Waals surface area contributed by atoms with Crippen molar-refractivity contribution in [1.82, 2.24) is 10.3 Å². The van der Waals surface area contributed by atoms with Gasteiger partial charge >= 0.3 is 12.4 Å². The summed E-state index contributed by atoms with van der Waals surface area (Å²) in [6.07, 6.45) is -6.95. The molecule has 0 amide bonds. The van der Waals surface area contributed by atoms with Gasteiger partial charge < -0.3 is 0 Å². The highest BCUT2D eigenvalue weighted by atomic mass is 19.4. The molecule has 0 saturated heterocycles. The van der Waals surface area contributed by atoms with E-state index in [-0.39, 0.29) is 6.54 Å². The van der Waals surface area contributed by atoms with Crippen LogP contribution in [0.25, 0.3) is 0 Å². The van der Waals surface area contributed by atoms with Gasteiger partial charge in [-0.1, -0.05) is 24.3 Å². The first-order valence-electron chi connectivity index (χ1n) is 6.54. The summed E-state index contributed by atoms with van der Waals surface area (Å²) in [4.78, 5) is 3.75. The Bertz CT molecular complexity index is 636. The number of nitrogens with one attached hydrogen (secondary N) is 1. The van der Waals surface area contributed by atoms with Crippen LogP contribution in [0, 0.1) is 0 Å². The highest BCUT2D eigenvalue weighted by Crippen LogP contribution is 2.40. The monoisotopic (exact) mass is 334 g/mol. The summed E-state index contributed by atoms with van der Waals surface area (Å²) in [5.74, 6) is 0. The number of hydrogen-bond donors (Lipinski definition) is 1. The van der Waals surface area contributed by atoms with Gasteiger partial charge in [-0.15, -0.1) is 0 Å². The molecule has 1 aromatic heterocycles. The van der Waals surface area contributed by atoms with E-state index in [0.29, 0.717) is 11.6 Å². The van der Waals surface area contributed by atoms with Gasteiger partial charge in [-0.2, -0.15) is 26.3 Å². The van der Waals surface area contributed by atoms with Crippen LogP contribution in [0.2, 0.25) is 0 Å². The van der Waals surface area contributed by atoms with Crippen LogP contribution in [0.5, 0.6) is 0 Å². The molecule has 0 aliphatic rings. The van der Waals surface area contributed by atoms with Crippen LogP contribution < -0.4 is 5.32 Å². The molecule has 1 heterocycles. The normalized spacial score (nSPS) is 13.8. The van der Waals surface area contributed by atoms with E-state index >= 15 is 0 Å². The minimum Gasteiger partial charge on any atom is -0.298 e. The maximum Gasteiger partial charge on any atom is 0.416 e. The lowest BCUT2D eigenvalue weighted by Gasteiger charge is -2.25. The molecule has 0 fully saturated rings. The standard InChI is InChI=1S/C15H12F6N2/c16-14(17,18)12-6-2-1-5-11(12)13(15(19,20)21)23-9-10-4-3-7-22-8-10/h1-8,13,23H,9H2/t13-/m1/s1. The fourth-order valence-corrected chi connectivity index (χ4v) is 2.13. The van der Waals surface area contributed by atoms with Gasteiger partial charge in [0.25, 0.3) is 0 Å². The van der Waals surface area contributed by atoms with Gasteiger partial charge in [0.05, 0.1) is 5.56 Å². The van der Waals surface area contributed by atoms with Crippen LogP contribution >= 0.6 is 0 Å². The Balaban J connectivity index is 2.33. The summed E-state index contributed by atoms with van der Waals surface area (Å²) < 4.78 is 78.6. The molecular weight excluding hydrogens is 322 g/mol. The molecule has 124 valence electrons. The summed E-state index contributed by atoms with van der Waals surface area (Å²) in [7, 11) is 0. The predicted octanol–water partition coefficient (Wildman–Crippen LogP) is 4.49. The van der Waals surface area contributed by atoms with Crippen LogP contribution in [-0.4, -0.2) is 11.2 Å². The lowest BCUT2D eigenvalue weighted by atomic mass is 9.99. The largest absolute Gasteiger partial charge is 0.416 e. The molecule has 0 spiro atoms. The van der Waals surface area contributed by atoms with Crippen LogP contribution in [0.1, 0.15) is 22.7 Å². The Kier molecular flexibility index (Phi) is 4.93. The minimum atomic E-state index is -4.87. The second kappa shape index (κ2) is 6.57. The van der Waals surface area contributed by atoms with E-state index in [1.807, 2.05) is 0 Å². The first-order chi connectivity index (χ1) is 10.7. The molecule has 8 heteroatoms. The van der Waals surface area contributed by atoms with Crippen molar-refractivity contribution in [3.63, 3.8) is 0 Å². The number of halogens is 6. The Morgan fingerprint density at radius 1 is 0.957 bits per heavy atom. The van der Waals surface area contributed by atoms with Crippen LogP contribution in [-0.2, 0) is 12.7 Å². The zero-order chi connectivity index (χ0) is 17.1. The minimum absolute atomic E-state index is 0.260. The SMILES string of the molecule is FC(F)(F)c1ccccc1[C@@H](NCc1cccnc1)C(F)(F)F. The molecule has 0 saturated carbocycles. The summed E-state index contributed by atoms with van der Waals surface area (Å²) >= 11 is 0. The first-order valence-corrected chi connectivity index (χ1v) is 6.54. The second-order valence-corrected chi connectivity index (χ2v) is 4.80. The number of benzene rings is 1. The molecule has 0 bridgehead atoms. The van der Waals surface area contributed by atoms with Gasteiger partial charge in [-0.3, -0.25) is 10.3 Å². The average molecular weight is 334 g/mol. The van der Waals surface area contributed by atoms with Gasteiger partial charge in [0.2, 0.25) is 0 Å². The lowest BCUT2D eigenvalue weighted by Crippen LogP contribution is -2.35. The molecule has 1 aromatic carbocycles. The van der Waals surface area contributed by atoms with Crippen molar-refractivity contribution < 1.29 is 26.3 Å². The zero-order valence-electron chi connectivity index (χ0n) is 11.6. The van der Waals surface area contributed by atoms with E-state index in [4.69, 9.17) is 0 Å². The molecule has 2 rings (SSSR count). The highest BCUT2D eigenvalue weighted by Gasteiger charge is 2.45. The van der Waals surface area contributed by atoms with E-state index in [9.17, 15) is 26.3 Å². The molecule has 0 aliphatic heterocycles. The molecular formula is C15H12F6N2. The quantitative estimate of drug-likeness (QED) is 0.833. The van der Waals surface area contributed by atoms with Crippen molar-refractivity contribution in [1.29, 1.82) is 0 Å². The zero-order valence-corrected chi connectivity index (χ0v) is 11.6. The van der Waals surface area contributed by atoms with E-state index in [1.165, 1.54) is 24.5 Å². The van der Waals surface area contributed by atoms with E-state index in [0.717, 1.165) is 18.2 Å². The molecule has 2 nitrogen and oxygen atoms in total. The molecule has 1 N–H and O–H groups in total. The van der Waals surface area contributed by atoms with Gasteiger partial charge in [0, 0.05) is 18.9 Å². The molecule has 23 heavy (non-hydrogen) atoms. The number of rotatable bonds is 4. The third-order valence-electron chi connectivity index (χ3n) is 3.14. The number of nitrogens with zero attached hydrogens (tertiary/aromatic N) is 1. The van der Waals surface area contributed by atoms with Gasteiger partial charge in [-0.05, 0) is 23.3 Å². The Morgan fingerprint density at radius 2 is 1.65 bits per heavy atom. The maximum atomic E-state index is 13.2. The predicted molar refractivity (Wildman–Crippen MR) is 71.3 cm³/mol. The summed E-state index contributed by atoms with van der Waals surface area (Å²) in [6.45, 7) is -0.260. The highest BCUT2D eigenvalue weighted by molar-refractivity contribution is 5.33. The van der Waals surface area contributed by atoms with Crippen molar-refractivity contribution in [2.24, 2.45) is 0 Å². The van der Waals surface area contributed by atoms with Crippen LogP contribution in [0.15, 0.2) is 48.8 Å². The molecule has 0 radical (unpaired) electrons. The smallest absolute Gasteiger partial charge is 0.298 e. The lowest BCUT2D eigenvalue weighted by molar-refractivity contribution is -0.163. The number of aromatic nitrogens is 1. The number of pyridine rings is 1. The van der Waals surface area contributed by atoms with E-state index in [2.05, 4.69) is 10.3 Å². The fourth-order valence-electron chi connectivity index (χ4n) is 2.13. The van der Waals surface area contributed by atoms with Crippen LogP contribution in [0.3, 0.4) is 0 Å². The number of hydrogen-bond acceptors (Lipinski definition) is 2. The summed E-state index contributed by atoms with van der Waals surface area (Å²) in [5, 5.41) is 2.14. The maximum absolute atomic E-state index is 13.2. The third-order valence-corrected chi connectivity index (χ3v) is 3.14. The summed E-state index contributed by atoms with van der Waals surface area (Å²) in [5.41, 5.74) is -1.72. The molecule has 0 unspecified atom stereocenters. The number of alkyl halides is 6. The van der Waals surface area contributed by atoms with Crippen LogP contribution in [0.4, 0.5) is 26.3 Å². The van der Waals surface area contributed by atoms with Crippen molar-refractivity contribution >= 4 is 0 Å². The first kappa shape index (κ1) is 17.3. The van der Waals surface area contributed by atoms with Gasteiger partial charge in [0.1, 0.15) is 6.04 Å².